The van der Waals surface area contributed by atoms with Gasteiger partial charge in [0.05, 0.1) is 0 Å². The van der Waals surface area contributed by atoms with Crippen molar-refractivity contribution in [3.63, 3.8) is 0 Å². The maximum atomic E-state index is 5.94. The van der Waals surface area contributed by atoms with Gasteiger partial charge in [0.1, 0.15) is 0 Å². The Bertz CT molecular complexity index is 1700. The molecule has 0 radical (unpaired) electrons. The van der Waals surface area contributed by atoms with E-state index in [-0.39, 0.29) is 12.2 Å². The van der Waals surface area contributed by atoms with Crippen LogP contribution in [0, 0.1) is 0 Å². The Kier molecular flexibility index (Phi) is 9.02. The Balaban J connectivity index is 1.40. The van der Waals surface area contributed by atoms with Crippen LogP contribution in [0.4, 0.5) is 0 Å². The average Bonchev–Trinajstić information content (AvgIpc) is 3.67. The Labute approximate surface area is 272 Å². The van der Waals surface area contributed by atoms with Crippen LogP contribution >= 0.6 is 0 Å². The van der Waals surface area contributed by atoms with Gasteiger partial charge in [0.25, 0.3) is 0 Å². The van der Waals surface area contributed by atoms with E-state index < -0.39 is 17.1 Å². The summed E-state index contributed by atoms with van der Waals surface area (Å²) in [5.74, 6) is 1.86. The number of hydrogen-bond donors (Lipinski definition) is 0. The molecule has 0 N–H and O–H groups in total. The fraction of sp³-hybridized carbons (Fsp3) is 0.317. The second-order valence-corrected chi connectivity index (χ2v) is 58.8. The van der Waals surface area contributed by atoms with Crippen LogP contribution in [-0.4, -0.2) is 18.4 Å². The molecule has 4 heteroatoms. The van der Waals surface area contributed by atoms with E-state index in [1.807, 2.05) is 0 Å². The molecule has 0 heterocycles. The van der Waals surface area contributed by atoms with Crippen molar-refractivity contribution in [3.05, 3.63) is 119 Å². The minimum absolute atomic E-state index is 0.174. The van der Waals surface area contributed by atoms with Crippen molar-refractivity contribution in [3.8, 4) is 33.8 Å². The van der Waals surface area contributed by atoms with E-state index in [2.05, 4.69) is 153 Å². The van der Waals surface area contributed by atoms with Crippen LogP contribution < -0.4 is 9.47 Å². The first-order valence-corrected chi connectivity index (χ1v) is 35.7. The molecule has 2 aliphatic rings. The van der Waals surface area contributed by atoms with Crippen LogP contribution in [0.15, 0.2) is 97.1 Å². The number of benzene rings is 4. The second kappa shape index (κ2) is 12.7. The van der Waals surface area contributed by atoms with Crippen LogP contribution in [0.25, 0.3) is 34.4 Å². The topological polar surface area (TPSA) is 18.5 Å². The standard InChI is InChI=1S/2C18H17O.C3H8Si.2CH3.Hf/c2*1-13(2)19-16-11-9-15(10-12-16)18-8-4-6-14-5-3-7-17(14)18;1-2-3-4;;;/h2*3-13H,1-2H3;4H,2-3H2,1H3;2*1H3;. The Morgan fingerprint density at radius 3 is 1.42 bits per heavy atom. The van der Waals surface area contributed by atoms with Gasteiger partial charge in [-0.15, -0.1) is 0 Å². The van der Waals surface area contributed by atoms with E-state index in [1.54, 1.807) is 11.1 Å². The molecular weight excluding hydrogens is 731 g/mol. The van der Waals surface area contributed by atoms with Gasteiger partial charge in [0, 0.05) is 0 Å². The molecular formula is C41H48HfO2Si. The molecule has 0 amide bonds. The van der Waals surface area contributed by atoms with Gasteiger partial charge >= 0.3 is 274 Å². The monoisotopic (exact) mass is 780 g/mol. The molecule has 0 saturated heterocycles. The summed E-state index contributed by atoms with van der Waals surface area (Å²) in [6.45, 7) is 10.7. The SMILES string of the molecule is CCC[SiH]=[Hf]([CH3])([CH3])([CH]1C=Cc2c(-c3ccc(OC(C)C)cc3)cccc21)[CH]1C=Cc2c(-c3ccc(OC(C)C)cc3)cccc21. The second-order valence-electron chi connectivity index (χ2n) is 14.4. The summed E-state index contributed by atoms with van der Waals surface area (Å²) in [4.78, 5) is 0. The molecule has 2 aliphatic carbocycles. The number of ether oxygens (including phenoxy) is 2. The normalized spacial score (nSPS) is 17.1. The van der Waals surface area contributed by atoms with Gasteiger partial charge in [-0.05, 0) is 0 Å². The zero-order valence-corrected chi connectivity index (χ0v) is 32.8. The molecule has 2 nitrogen and oxygen atoms in total. The minimum atomic E-state index is -3.70. The molecule has 0 saturated carbocycles. The van der Waals surface area contributed by atoms with E-state index in [0.717, 1.165) is 11.5 Å². The number of fused-ring (bicyclic) bond motifs is 2. The summed E-state index contributed by atoms with van der Waals surface area (Å²) in [6, 6.07) is 32.8. The van der Waals surface area contributed by atoms with Crippen LogP contribution in [-0.2, 0) is 17.1 Å². The quantitative estimate of drug-likeness (QED) is 0.149. The van der Waals surface area contributed by atoms with Crippen molar-refractivity contribution in [2.75, 3.05) is 0 Å². The van der Waals surface area contributed by atoms with Crippen LogP contribution in [0.1, 0.15) is 70.6 Å². The van der Waals surface area contributed by atoms with Gasteiger partial charge in [-0.2, -0.15) is 0 Å². The fourth-order valence-electron chi connectivity index (χ4n) is 7.78. The van der Waals surface area contributed by atoms with E-state index in [4.69, 9.17) is 9.47 Å². The third-order valence-corrected chi connectivity index (χ3v) is 52.7. The Hall–Kier alpha value is -2.95. The summed E-state index contributed by atoms with van der Waals surface area (Å²) in [5.41, 5.74) is 11.1. The predicted octanol–water partition coefficient (Wildman–Crippen LogP) is 11.4. The molecule has 2 atom stereocenters. The van der Waals surface area contributed by atoms with E-state index >= 15 is 0 Å². The van der Waals surface area contributed by atoms with Crippen molar-refractivity contribution in [1.29, 1.82) is 0 Å². The first-order valence-electron chi connectivity index (χ1n) is 16.8. The third kappa shape index (κ3) is 6.13. The zero-order valence-electron chi connectivity index (χ0n) is 28.0. The summed E-state index contributed by atoms with van der Waals surface area (Å²) in [5, 5.41) is 0. The third-order valence-electron chi connectivity index (χ3n) is 9.97. The molecule has 6 rings (SSSR count). The average molecular weight is 779 g/mol. The number of rotatable bonds is 10. The number of hydrogen-bond acceptors (Lipinski definition) is 2. The summed E-state index contributed by atoms with van der Waals surface area (Å²) >= 11 is -3.70. The van der Waals surface area contributed by atoms with Gasteiger partial charge in [0.2, 0.25) is 0 Å². The van der Waals surface area contributed by atoms with Crippen molar-refractivity contribution >= 4 is 18.4 Å². The van der Waals surface area contributed by atoms with Gasteiger partial charge in [0.15, 0.2) is 0 Å². The number of allylic oxidation sites excluding steroid dienone is 2. The summed E-state index contributed by atoms with van der Waals surface area (Å²) in [7, 11) is 0. The molecule has 0 aliphatic heterocycles. The van der Waals surface area contributed by atoms with E-state index in [0.29, 0.717) is 13.6 Å². The first kappa shape index (κ1) is 32.0. The molecule has 0 aromatic heterocycles. The Morgan fingerprint density at radius 1 is 0.622 bits per heavy atom. The zero-order chi connectivity index (χ0) is 31.8. The molecule has 4 aromatic carbocycles. The molecule has 4 aromatic rings. The van der Waals surface area contributed by atoms with Crippen LogP contribution in [0.5, 0.6) is 11.5 Å². The van der Waals surface area contributed by atoms with Gasteiger partial charge in [-0.3, -0.25) is 0 Å². The molecule has 0 fully saturated rings. The molecule has 0 spiro atoms. The van der Waals surface area contributed by atoms with Crippen molar-refractivity contribution < 1.29 is 26.6 Å². The van der Waals surface area contributed by atoms with Crippen LogP contribution in [0.2, 0.25) is 15.4 Å². The van der Waals surface area contributed by atoms with E-state index in [1.165, 1.54) is 45.8 Å². The molecule has 2 unspecified atom stereocenters. The fourth-order valence-corrected chi connectivity index (χ4v) is 48.0. The van der Waals surface area contributed by atoms with Gasteiger partial charge < -0.3 is 0 Å². The molecule has 232 valence electrons. The summed E-state index contributed by atoms with van der Waals surface area (Å²) in [6.07, 6.45) is 12.1. The van der Waals surface area contributed by atoms with Crippen molar-refractivity contribution in [2.24, 2.45) is 0 Å². The molecule has 0 bridgehead atoms. The maximum absolute atomic E-state index is 5.94. The molecule has 45 heavy (non-hydrogen) atoms. The van der Waals surface area contributed by atoms with Crippen molar-refractivity contribution in [2.45, 2.75) is 76.0 Å². The van der Waals surface area contributed by atoms with Crippen molar-refractivity contribution in [1.82, 2.24) is 0 Å². The van der Waals surface area contributed by atoms with E-state index in [9.17, 15) is 0 Å². The Morgan fingerprint density at radius 2 is 1.04 bits per heavy atom. The summed E-state index contributed by atoms with van der Waals surface area (Å²) < 4.78 is 18.6. The van der Waals surface area contributed by atoms with Gasteiger partial charge in [-0.1, -0.05) is 0 Å². The first-order chi connectivity index (χ1) is 21.6. The van der Waals surface area contributed by atoms with Gasteiger partial charge in [-0.25, -0.2) is 0 Å². The predicted molar refractivity (Wildman–Crippen MR) is 193 cm³/mol. The van der Waals surface area contributed by atoms with Crippen LogP contribution in [0.3, 0.4) is 0 Å².